The Balaban J connectivity index is 1.59. The number of amides is 1. The minimum absolute atomic E-state index is 0.0173. The van der Waals surface area contributed by atoms with E-state index in [1.165, 1.54) is 0 Å². The lowest BCUT2D eigenvalue weighted by atomic mass is 9.94. The molecular formula is C20H19ClN2O3. The number of nitrogens with one attached hydrogen (secondary N) is 2. The van der Waals surface area contributed by atoms with E-state index >= 15 is 0 Å². The maximum absolute atomic E-state index is 12.8. The molecule has 1 fully saturated rings. The van der Waals surface area contributed by atoms with Gasteiger partial charge in [0.25, 0.3) is 5.91 Å². The van der Waals surface area contributed by atoms with E-state index in [1.807, 2.05) is 12.1 Å². The van der Waals surface area contributed by atoms with Crippen LogP contribution in [0.25, 0.3) is 11.1 Å². The van der Waals surface area contributed by atoms with Crippen LogP contribution in [-0.4, -0.2) is 42.5 Å². The van der Waals surface area contributed by atoms with Crippen LogP contribution in [0.2, 0.25) is 5.02 Å². The molecule has 1 aliphatic carbocycles. The van der Waals surface area contributed by atoms with E-state index < -0.39 is 6.10 Å². The predicted molar refractivity (Wildman–Crippen MR) is 99.6 cm³/mol. The maximum Gasteiger partial charge on any atom is 0.252 e. The van der Waals surface area contributed by atoms with E-state index in [9.17, 15) is 14.7 Å². The van der Waals surface area contributed by atoms with Gasteiger partial charge in [0.1, 0.15) is 0 Å². The van der Waals surface area contributed by atoms with Crippen LogP contribution in [0.5, 0.6) is 0 Å². The summed E-state index contributed by atoms with van der Waals surface area (Å²) in [4.78, 5) is 25.6. The Morgan fingerprint density at radius 3 is 2.88 bits per heavy atom. The molecule has 3 N–H and O–H groups in total. The lowest BCUT2D eigenvalue weighted by Gasteiger charge is -2.28. The van der Waals surface area contributed by atoms with Crippen molar-refractivity contribution < 1.29 is 14.7 Å². The summed E-state index contributed by atoms with van der Waals surface area (Å²) in [5, 5.41) is 16.5. The summed E-state index contributed by atoms with van der Waals surface area (Å²) in [5.74, 6) is -0.450. The van der Waals surface area contributed by atoms with Crippen LogP contribution < -0.4 is 10.6 Å². The maximum atomic E-state index is 12.8. The summed E-state index contributed by atoms with van der Waals surface area (Å²) in [6, 6.07) is 10.5. The number of fused-ring (bicyclic) bond motifs is 3. The summed E-state index contributed by atoms with van der Waals surface area (Å²) in [6.07, 6.45) is 0.329. The molecule has 2 atom stereocenters. The number of piperidine rings is 1. The number of aliphatic hydroxyl groups is 1. The van der Waals surface area contributed by atoms with Crippen molar-refractivity contribution >= 4 is 23.3 Å². The highest BCUT2D eigenvalue weighted by molar-refractivity contribution is 6.32. The highest BCUT2D eigenvalue weighted by Gasteiger charge is 2.31. The van der Waals surface area contributed by atoms with Gasteiger partial charge in [0.15, 0.2) is 5.78 Å². The van der Waals surface area contributed by atoms with Crippen LogP contribution >= 0.6 is 11.6 Å². The number of hydrogen-bond acceptors (Lipinski definition) is 4. The molecular weight excluding hydrogens is 352 g/mol. The number of rotatable bonds is 3. The summed E-state index contributed by atoms with van der Waals surface area (Å²) in [6.45, 7) is 1.75. The van der Waals surface area contributed by atoms with Crippen LogP contribution in [0.3, 0.4) is 0 Å². The van der Waals surface area contributed by atoms with E-state index in [4.69, 9.17) is 11.6 Å². The molecule has 5 nitrogen and oxygen atoms in total. The second kappa shape index (κ2) is 6.83. The fourth-order valence-electron chi connectivity index (χ4n) is 3.74. The van der Waals surface area contributed by atoms with Crippen molar-refractivity contribution in [2.45, 2.75) is 12.5 Å². The highest BCUT2D eigenvalue weighted by atomic mass is 35.5. The molecule has 26 heavy (non-hydrogen) atoms. The quantitative estimate of drug-likeness (QED) is 0.660. The zero-order valence-electron chi connectivity index (χ0n) is 14.1. The third kappa shape index (κ3) is 2.92. The smallest absolute Gasteiger partial charge is 0.252 e. The number of β-amino-alcohol motifs (C(OH)–C–C–N with tert-alkyl or cyclic N) is 1. The second-order valence-corrected chi connectivity index (χ2v) is 7.21. The Kier molecular flexibility index (Phi) is 4.53. The third-order valence-electron chi connectivity index (χ3n) is 5.17. The molecule has 0 radical (unpaired) electrons. The van der Waals surface area contributed by atoms with Crippen LogP contribution in [0, 0.1) is 5.92 Å². The van der Waals surface area contributed by atoms with E-state index in [2.05, 4.69) is 10.6 Å². The van der Waals surface area contributed by atoms with Crippen molar-refractivity contribution in [2.24, 2.45) is 5.92 Å². The molecule has 1 saturated heterocycles. The van der Waals surface area contributed by atoms with Gasteiger partial charge in [-0.1, -0.05) is 29.8 Å². The summed E-state index contributed by atoms with van der Waals surface area (Å²) >= 11 is 6.02. The monoisotopic (exact) mass is 370 g/mol. The summed E-state index contributed by atoms with van der Waals surface area (Å²) in [5.41, 5.74) is 2.88. The van der Waals surface area contributed by atoms with Crippen molar-refractivity contribution in [3.8, 4) is 11.1 Å². The van der Waals surface area contributed by atoms with Gasteiger partial charge < -0.3 is 15.7 Å². The lowest BCUT2D eigenvalue weighted by Crippen LogP contribution is -2.45. The highest BCUT2D eigenvalue weighted by Crippen LogP contribution is 2.39. The fraction of sp³-hybridized carbons (Fsp3) is 0.300. The van der Waals surface area contributed by atoms with Crippen molar-refractivity contribution in [2.75, 3.05) is 19.6 Å². The molecule has 1 heterocycles. The first-order chi connectivity index (χ1) is 12.6. The first kappa shape index (κ1) is 17.2. The molecule has 2 aliphatic rings. The second-order valence-electron chi connectivity index (χ2n) is 6.78. The molecule has 0 aromatic heterocycles. The Morgan fingerprint density at radius 1 is 1.23 bits per heavy atom. The number of carbonyl (C=O) groups is 2. The molecule has 1 aliphatic heterocycles. The Labute approximate surface area is 156 Å². The first-order valence-electron chi connectivity index (χ1n) is 8.71. The summed E-state index contributed by atoms with van der Waals surface area (Å²) < 4.78 is 0. The number of hydrogen-bond donors (Lipinski definition) is 3. The lowest BCUT2D eigenvalue weighted by molar-refractivity contribution is 0.0751. The topological polar surface area (TPSA) is 78.4 Å². The number of halogens is 1. The standard InChI is InChI=1S/C20H19ClN2O3/c21-12-4-5-13-14-2-1-3-15(18(14)19(25)16(13)8-12)20(26)23-9-11-6-7-22-10-17(11)24/h1-5,8,11,17,22,24H,6-7,9-10H2,(H,23,26)/t11-,17+/m0/s1. The van der Waals surface area contributed by atoms with E-state index in [0.29, 0.717) is 34.8 Å². The number of carbonyl (C=O) groups excluding carboxylic acids is 2. The molecule has 0 spiro atoms. The van der Waals surface area contributed by atoms with Crippen molar-refractivity contribution in [1.82, 2.24) is 10.6 Å². The predicted octanol–water partition coefficient (Wildman–Crippen LogP) is 2.25. The fourth-order valence-corrected chi connectivity index (χ4v) is 3.91. The van der Waals surface area contributed by atoms with Crippen molar-refractivity contribution in [3.63, 3.8) is 0 Å². The van der Waals surface area contributed by atoms with Gasteiger partial charge >= 0.3 is 0 Å². The minimum atomic E-state index is -0.474. The van der Waals surface area contributed by atoms with Gasteiger partial charge in [-0.3, -0.25) is 9.59 Å². The molecule has 0 saturated carbocycles. The van der Waals surface area contributed by atoms with Crippen LogP contribution in [0.15, 0.2) is 36.4 Å². The first-order valence-corrected chi connectivity index (χ1v) is 9.08. The largest absolute Gasteiger partial charge is 0.391 e. The Hall–Kier alpha value is -2.21. The van der Waals surface area contributed by atoms with Gasteiger partial charge in [0.2, 0.25) is 0 Å². The Morgan fingerprint density at radius 2 is 2.08 bits per heavy atom. The number of benzene rings is 2. The van der Waals surface area contributed by atoms with Gasteiger partial charge in [0.05, 0.1) is 11.7 Å². The number of aliphatic hydroxyl groups excluding tert-OH is 1. The summed E-state index contributed by atoms with van der Waals surface area (Å²) in [7, 11) is 0. The van der Waals surface area contributed by atoms with Gasteiger partial charge in [-0.15, -0.1) is 0 Å². The normalized spacial score (nSPS) is 21.2. The van der Waals surface area contributed by atoms with Crippen LogP contribution in [-0.2, 0) is 0 Å². The SMILES string of the molecule is O=C(NC[C@@H]1CCNC[C@H]1O)c1cccc2c1C(=O)c1cc(Cl)ccc1-2. The van der Waals surface area contributed by atoms with Crippen LogP contribution in [0.1, 0.15) is 32.7 Å². The Bertz CT molecular complexity index is 897. The third-order valence-corrected chi connectivity index (χ3v) is 5.40. The zero-order chi connectivity index (χ0) is 18.3. The van der Waals surface area contributed by atoms with E-state index in [0.717, 1.165) is 24.1 Å². The molecule has 134 valence electrons. The molecule has 2 aromatic carbocycles. The molecule has 2 aromatic rings. The average molecular weight is 371 g/mol. The molecule has 1 amide bonds. The van der Waals surface area contributed by atoms with Gasteiger partial charge in [0, 0.05) is 35.2 Å². The van der Waals surface area contributed by atoms with E-state index in [-0.39, 0.29) is 17.6 Å². The van der Waals surface area contributed by atoms with Gasteiger partial charge in [-0.25, -0.2) is 0 Å². The van der Waals surface area contributed by atoms with E-state index in [1.54, 1.807) is 24.3 Å². The van der Waals surface area contributed by atoms with Crippen molar-refractivity contribution in [1.29, 1.82) is 0 Å². The van der Waals surface area contributed by atoms with Crippen molar-refractivity contribution in [3.05, 3.63) is 58.1 Å². The molecule has 4 rings (SSSR count). The number of ketones is 1. The van der Waals surface area contributed by atoms with Gasteiger partial charge in [-0.05, 0) is 42.3 Å². The van der Waals surface area contributed by atoms with Gasteiger partial charge in [-0.2, -0.15) is 0 Å². The van der Waals surface area contributed by atoms with Crippen LogP contribution in [0.4, 0.5) is 0 Å². The molecule has 0 unspecified atom stereocenters. The average Bonchev–Trinajstić information content (AvgIpc) is 2.93. The minimum Gasteiger partial charge on any atom is -0.391 e. The molecule has 0 bridgehead atoms. The zero-order valence-corrected chi connectivity index (χ0v) is 14.8. The molecule has 6 heteroatoms.